The van der Waals surface area contributed by atoms with E-state index in [-0.39, 0.29) is 28.5 Å². The number of nitro groups is 1. The maximum atomic E-state index is 12.7. The summed E-state index contributed by atoms with van der Waals surface area (Å²) in [6, 6.07) is 12.6. The quantitative estimate of drug-likeness (QED) is 0.506. The van der Waals surface area contributed by atoms with Crippen LogP contribution in [-0.4, -0.2) is 29.8 Å². The van der Waals surface area contributed by atoms with Gasteiger partial charge in [-0.15, -0.1) is 0 Å². The minimum absolute atomic E-state index is 0.00517. The topological polar surface area (TPSA) is 75.5 Å². The normalized spacial score (nSPS) is 22.5. The Morgan fingerprint density at radius 2 is 1.93 bits per heavy atom. The summed E-state index contributed by atoms with van der Waals surface area (Å²) < 4.78 is 0. The summed E-state index contributed by atoms with van der Waals surface area (Å²) in [6.45, 7) is 0. The molecule has 6 nitrogen and oxygen atoms in total. The van der Waals surface area contributed by atoms with E-state index in [2.05, 4.69) is 23.5 Å². The number of fused-ring (bicyclic) bond motifs is 3. The highest BCUT2D eigenvalue weighted by atomic mass is 16.6. The van der Waals surface area contributed by atoms with Crippen LogP contribution in [0.1, 0.15) is 39.9 Å². The summed E-state index contributed by atoms with van der Waals surface area (Å²) in [5, 5.41) is 14.5. The number of allylic oxidation sites excluding steroid dienone is 2. The number of anilines is 1. The number of non-ortho nitro benzene ring substituents is 1. The van der Waals surface area contributed by atoms with E-state index in [9.17, 15) is 14.9 Å². The van der Waals surface area contributed by atoms with Crippen LogP contribution in [0.25, 0.3) is 0 Å². The highest BCUT2D eigenvalue weighted by Gasteiger charge is 2.39. The number of nitrogens with zero attached hydrogens (tertiary/aromatic N) is 2. The molecule has 0 saturated heterocycles. The standard InChI is InChI=1S/C21H21N3O3/c1-23(2)21(25)18-8-4-7-17-15-5-3-6-16(15)19(22-20(17)18)13-9-11-14(12-10-13)24(26)27/h3-5,7-12,15-16,19,22H,6H2,1-2H3/t15-,16-,19+/m0/s1. The Hall–Kier alpha value is -3.15. The van der Waals surface area contributed by atoms with E-state index in [1.807, 2.05) is 24.3 Å². The van der Waals surface area contributed by atoms with Crippen molar-refractivity contribution in [2.45, 2.75) is 18.4 Å². The molecule has 1 heterocycles. The lowest BCUT2D eigenvalue weighted by atomic mass is 9.76. The number of amides is 1. The van der Waals surface area contributed by atoms with E-state index < -0.39 is 0 Å². The Morgan fingerprint density at radius 3 is 2.59 bits per heavy atom. The summed E-state index contributed by atoms with van der Waals surface area (Å²) in [7, 11) is 3.49. The zero-order valence-electron chi connectivity index (χ0n) is 15.3. The Kier molecular flexibility index (Phi) is 4.18. The minimum atomic E-state index is -0.388. The number of para-hydroxylation sites is 1. The van der Waals surface area contributed by atoms with Crippen LogP contribution in [0.5, 0.6) is 0 Å². The maximum Gasteiger partial charge on any atom is 0.269 e. The molecular weight excluding hydrogens is 342 g/mol. The molecule has 1 aliphatic heterocycles. The zero-order valence-corrected chi connectivity index (χ0v) is 15.3. The van der Waals surface area contributed by atoms with Crippen LogP contribution in [0.2, 0.25) is 0 Å². The van der Waals surface area contributed by atoms with Gasteiger partial charge in [-0.1, -0.05) is 36.4 Å². The van der Waals surface area contributed by atoms with Gasteiger partial charge in [0, 0.05) is 32.1 Å². The van der Waals surface area contributed by atoms with Crippen molar-refractivity contribution in [2.24, 2.45) is 5.92 Å². The van der Waals surface area contributed by atoms with Gasteiger partial charge < -0.3 is 10.2 Å². The van der Waals surface area contributed by atoms with Gasteiger partial charge in [0.25, 0.3) is 11.6 Å². The van der Waals surface area contributed by atoms with Crippen LogP contribution in [0.3, 0.4) is 0 Å². The van der Waals surface area contributed by atoms with Gasteiger partial charge in [0.2, 0.25) is 0 Å². The van der Waals surface area contributed by atoms with Crippen LogP contribution in [-0.2, 0) is 0 Å². The third-order valence-corrected chi connectivity index (χ3v) is 5.50. The molecule has 0 aromatic heterocycles. The average Bonchev–Trinajstić information content (AvgIpc) is 3.16. The predicted octanol–water partition coefficient (Wildman–Crippen LogP) is 4.12. The molecule has 3 atom stereocenters. The molecule has 0 radical (unpaired) electrons. The van der Waals surface area contributed by atoms with E-state index >= 15 is 0 Å². The third kappa shape index (κ3) is 2.87. The predicted molar refractivity (Wildman–Crippen MR) is 104 cm³/mol. The van der Waals surface area contributed by atoms with Gasteiger partial charge in [-0.25, -0.2) is 0 Å². The van der Waals surface area contributed by atoms with Crippen molar-refractivity contribution in [1.82, 2.24) is 4.90 Å². The lowest BCUT2D eigenvalue weighted by Gasteiger charge is -2.38. The molecule has 1 N–H and O–H groups in total. The van der Waals surface area contributed by atoms with E-state index in [0.717, 1.165) is 23.2 Å². The molecule has 27 heavy (non-hydrogen) atoms. The fraction of sp³-hybridized carbons (Fsp3) is 0.286. The van der Waals surface area contributed by atoms with Crippen LogP contribution in [0.4, 0.5) is 11.4 Å². The molecular formula is C21H21N3O3. The molecule has 0 fully saturated rings. The first-order valence-corrected chi connectivity index (χ1v) is 8.99. The number of carbonyl (C=O) groups is 1. The van der Waals surface area contributed by atoms with Crippen molar-refractivity contribution in [3.05, 3.63) is 81.4 Å². The Morgan fingerprint density at radius 1 is 1.19 bits per heavy atom. The van der Waals surface area contributed by atoms with E-state index in [4.69, 9.17) is 0 Å². The second kappa shape index (κ2) is 6.54. The summed E-state index contributed by atoms with van der Waals surface area (Å²) in [5.41, 5.74) is 3.74. The van der Waals surface area contributed by atoms with E-state index in [1.165, 1.54) is 0 Å². The summed E-state index contributed by atoms with van der Waals surface area (Å²) >= 11 is 0. The first-order valence-electron chi connectivity index (χ1n) is 8.99. The number of hydrogen-bond acceptors (Lipinski definition) is 4. The molecule has 1 amide bonds. The van der Waals surface area contributed by atoms with Crippen LogP contribution in [0.15, 0.2) is 54.6 Å². The molecule has 6 heteroatoms. The number of nitro benzene ring substituents is 1. The lowest BCUT2D eigenvalue weighted by Crippen LogP contribution is -2.31. The number of rotatable bonds is 3. The second-order valence-corrected chi connectivity index (χ2v) is 7.29. The molecule has 2 aromatic rings. The zero-order chi connectivity index (χ0) is 19.1. The lowest BCUT2D eigenvalue weighted by molar-refractivity contribution is -0.384. The molecule has 0 bridgehead atoms. The van der Waals surface area contributed by atoms with Gasteiger partial charge in [0.15, 0.2) is 0 Å². The minimum Gasteiger partial charge on any atom is -0.377 e. The molecule has 2 aliphatic rings. The van der Waals surface area contributed by atoms with E-state index in [0.29, 0.717) is 11.5 Å². The third-order valence-electron chi connectivity index (χ3n) is 5.50. The van der Waals surface area contributed by atoms with Gasteiger partial charge in [-0.3, -0.25) is 14.9 Å². The van der Waals surface area contributed by atoms with Gasteiger partial charge in [0.1, 0.15) is 0 Å². The van der Waals surface area contributed by atoms with Crippen LogP contribution < -0.4 is 5.32 Å². The molecule has 2 aromatic carbocycles. The van der Waals surface area contributed by atoms with Gasteiger partial charge in [0.05, 0.1) is 22.2 Å². The molecule has 0 saturated carbocycles. The number of hydrogen-bond donors (Lipinski definition) is 1. The molecule has 0 unspecified atom stereocenters. The van der Waals surface area contributed by atoms with Crippen molar-refractivity contribution in [3.8, 4) is 0 Å². The number of carbonyl (C=O) groups excluding carboxylic acids is 1. The molecule has 1 aliphatic carbocycles. The fourth-order valence-electron chi connectivity index (χ4n) is 4.17. The van der Waals surface area contributed by atoms with Gasteiger partial charge in [-0.05, 0) is 29.5 Å². The fourth-order valence-corrected chi connectivity index (χ4v) is 4.17. The van der Waals surface area contributed by atoms with Crippen molar-refractivity contribution in [3.63, 3.8) is 0 Å². The summed E-state index contributed by atoms with van der Waals surface area (Å²) in [5.74, 6) is 0.516. The van der Waals surface area contributed by atoms with Gasteiger partial charge >= 0.3 is 0 Å². The molecule has 0 spiro atoms. The van der Waals surface area contributed by atoms with Crippen LogP contribution >= 0.6 is 0 Å². The number of benzene rings is 2. The van der Waals surface area contributed by atoms with Crippen LogP contribution in [0, 0.1) is 16.0 Å². The smallest absolute Gasteiger partial charge is 0.269 e. The SMILES string of the molecule is CN(C)C(=O)c1cccc2c1N[C@H](c1ccc([N+](=O)[O-])cc1)[C@H]1CC=C[C@H]21. The van der Waals surface area contributed by atoms with Crippen molar-refractivity contribution in [1.29, 1.82) is 0 Å². The highest BCUT2D eigenvalue weighted by Crippen LogP contribution is 2.50. The monoisotopic (exact) mass is 363 g/mol. The van der Waals surface area contributed by atoms with Crippen molar-refractivity contribution in [2.75, 3.05) is 19.4 Å². The Labute approximate surface area is 157 Å². The largest absolute Gasteiger partial charge is 0.377 e. The Bertz CT molecular complexity index is 934. The molecule has 138 valence electrons. The first-order chi connectivity index (χ1) is 13.0. The van der Waals surface area contributed by atoms with E-state index in [1.54, 1.807) is 31.1 Å². The summed E-state index contributed by atoms with van der Waals surface area (Å²) in [4.78, 5) is 24.8. The highest BCUT2D eigenvalue weighted by molar-refractivity contribution is 6.00. The number of nitrogens with one attached hydrogen (secondary N) is 1. The second-order valence-electron chi connectivity index (χ2n) is 7.29. The maximum absolute atomic E-state index is 12.7. The van der Waals surface area contributed by atoms with Crippen molar-refractivity contribution >= 4 is 17.3 Å². The Balaban J connectivity index is 1.78. The average molecular weight is 363 g/mol. The van der Waals surface area contributed by atoms with Crippen molar-refractivity contribution < 1.29 is 9.72 Å². The molecule has 4 rings (SSSR count). The van der Waals surface area contributed by atoms with Gasteiger partial charge in [-0.2, -0.15) is 0 Å². The first kappa shape index (κ1) is 17.3. The summed E-state index contributed by atoms with van der Waals surface area (Å²) in [6.07, 6.45) is 5.34.